The number of rotatable bonds is 5. The highest BCUT2D eigenvalue weighted by atomic mass is 127. The van der Waals surface area contributed by atoms with E-state index >= 15 is 0 Å². The van der Waals surface area contributed by atoms with Crippen molar-refractivity contribution in [2.45, 2.75) is 9.79 Å². The van der Waals surface area contributed by atoms with E-state index in [0.717, 1.165) is 0 Å². The molecule has 0 radical (unpaired) electrons. The number of hydrogen-bond donors (Lipinski definition) is 0. The average Bonchev–Trinajstić information content (AvgIpc) is 2.49. The van der Waals surface area contributed by atoms with Crippen LogP contribution < -0.4 is 0 Å². The van der Waals surface area contributed by atoms with Gasteiger partial charge in [-0.1, -0.05) is 62.7 Å². The molecule has 8 heteroatoms. The van der Waals surface area contributed by atoms with Gasteiger partial charge in [-0.3, -0.25) is 0 Å². The topological polar surface area (TPSA) is 71.5 Å². The Balaban J connectivity index is 2.55. The lowest BCUT2D eigenvalue weighted by Crippen LogP contribution is -2.35. The molecular weight excluding hydrogens is 425 g/mol. The Hall–Kier alpha value is -0.970. The van der Waals surface area contributed by atoms with Crippen molar-refractivity contribution in [2.24, 2.45) is 0 Å². The second kappa shape index (κ2) is 6.42. The highest BCUT2D eigenvalue weighted by molar-refractivity contribution is 14.1. The van der Waals surface area contributed by atoms with Crippen LogP contribution in [0.2, 0.25) is 0 Å². The van der Waals surface area contributed by atoms with Gasteiger partial charge in [0.1, 0.15) is 0 Å². The number of sulfonamides is 2. The Bertz CT molecular complexity index is 736. The summed E-state index contributed by atoms with van der Waals surface area (Å²) in [5.41, 5.74) is 0. The summed E-state index contributed by atoms with van der Waals surface area (Å²) in [6.45, 7) is 0. The lowest BCUT2D eigenvalue weighted by Gasteiger charge is -2.19. The molecule has 112 valence electrons. The minimum atomic E-state index is -4.12. The van der Waals surface area contributed by atoms with Crippen molar-refractivity contribution in [3.05, 3.63) is 60.7 Å². The van der Waals surface area contributed by atoms with Crippen molar-refractivity contribution in [3.63, 3.8) is 0 Å². The molecule has 21 heavy (non-hydrogen) atoms. The Labute approximate surface area is 137 Å². The first-order valence-electron chi connectivity index (χ1n) is 5.84. The van der Waals surface area contributed by atoms with E-state index in [4.69, 9.17) is 0 Å². The van der Waals surface area contributed by atoms with Crippen LogP contribution in [-0.2, 0) is 20.0 Å². The summed E-state index contributed by atoms with van der Waals surface area (Å²) < 4.78 is 50.4. The second-order valence-electron chi connectivity index (χ2n) is 4.03. The fourth-order valence-electron chi connectivity index (χ4n) is 1.68. The molecule has 2 rings (SSSR count). The normalized spacial score (nSPS) is 12.5. The number of hydrogen-bond acceptors (Lipinski definition) is 4. The smallest absolute Gasteiger partial charge is 0.206 e. The first kappa shape index (κ1) is 16.4. The number of nitrogens with zero attached hydrogens (tertiary/aromatic N) is 1. The largest absolute Gasteiger partial charge is 0.257 e. The van der Waals surface area contributed by atoms with E-state index in [9.17, 15) is 16.8 Å². The summed E-state index contributed by atoms with van der Waals surface area (Å²) in [5, 5.41) is 0. The standard InChI is InChI=1S/C13H12INO4S2/c14-11-15(20(16,17)12-7-3-1-4-8-12)21(18,19)13-9-5-2-6-10-13/h1-10H,11H2. The van der Waals surface area contributed by atoms with Crippen LogP contribution >= 0.6 is 22.6 Å². The SMILES string of the molecule is O=S(=O)(c1ccccc1)N(CI)S(=O)(=O)c1ccccc1. The predicted octanol–water partition coefficient (Wildman–Crippen LogP) is 2.46. The van der Waals surface area contributed by atoms with Crippen molar-refractivity contribution < 1.29 is 16.8 Å². The van der Waals surface area contributed by atoms with Gasteiger partial charge in [-0.15, -0.1) is 0 Å². The molecule has 0 amide bonds. The number of halogens is 1. The van der Waals surface area contributed by atoms with Gasteiger partial charge in [0.2, 0.25) is 0 Å². The lowest BCUT2D eigenvalue weighted by molar-refractivity contribution is 0.523. The van der Waals surface area contributed by atoms with Crippen LogP contribution in [0.25, 0.3) is 0 Å². The highest BCUT2D eigenvalue weighted by Crippen LogP contribution is 2.24. The molecule has 0 N–H and O–H groups in total. The van der Waals surface area contributed by atoms with Crippen LogP contribution in [0.15, 0.2) is 70.5 Å². The molecule has 0 aliphatic rings. The van der Waals surface area contributed by atoms with Crippen LogP contribution in [-0.4, -0.2) is 25.1 Å². The zero-order valence-corrected chi connectivity index (χ0v) is 14.5. The Morgan fingerprint density at radius 3 is 1.33 bits per heavy atom. The molecule has 0 fully saturated rings. The fourth-order valence-corrected chi connectivity index (χ4v) is 7.16. The maximum absolute atomic E-state index is 12.5. The molecule has 0 saturated heterocycles. The summed E-state index contributed by atoms with van der Waals surface area (Å²) in [6.07, 6.45) is 0. The molecule has 0 saturated carbocycles. The van der Waals surface area contributed by atoms with E-state index in [1.165, 1.54) is 24.3 Å². The van der Waals surface area contributed by atoms with Crippen LogP contribution in [0.3, 0.4) is 0 Å². The summed E-state index contributed by atoms with van der Waals surface area (Å²) in [6, 6.07) is 15.0. The van der Waals surface area contributed by atoms with Crippen LogP contribution in [0.5, 0.6) is 0 Å². The first-order chi connectivity index (χ1) is 9.90. The lowest BCUT2D eigenvalue weighted by atomic mass is 10.4. The molecule has 2 aromatic rings. The molecule has 0 heterocycles. The molecule has 0 spiro atoms. The Kier molecular flexibility index (Phi) is 5.02. The third-order valence-electron chi connectivity index (χ3n) is 2.72. The summed E-state index contributed by atoms with van der Waals surface area (Å²) >= 11 is 1.72. The summed E-state index contributed by atoms with van der Waals surface area (Å²) in [4.78, 5) is -0.109. The number of alkyl halides is 1. The third kappa shape index (κ3) is 3.28. The molecule has 0 bridgehead atoms. The van der Waals surface area contributed by atoms with Gasteiger partial charge in [-0.05, 0) is 24.3 Å². The zero-order valence-electron chi connectivity index (χ0n) is 10.8. The second-order valence-corrected chi connectivity index (χ2v) is 8.67. The van der Waals surface area contributed by atoms with E-state index in [2.05, 4.69) is 0 Å². The van der Waals surface area contributed by atoms with E-state index < -0.39 is 20.0 Å². The monoisotopic (exact) mass is 437 g/mol. The zero-order chi connectivity index (χ0) is 15.5. The molecule has 2 aromatic carbocycles. The van der Waals surface area contributed by atoms with E-state index in [-0.39, 0.29) is 14.3 Å². The Morgan fingerprint density at radius 1 is 0.714 bits per heavy atom. The summed E-state index contributed by atoms with van der Waals surface area (Å²) in [5.74, 6) is 0. The van der Waals surface area contributed by atoms with Crippen molar-refractivity contribution in [2.75, 3.05) is 4.55 Å². The van der Waals surface area contributed by atoms with Crippen LogP contribution in [0.1, 0.15) is 0 Å². The predicted molar refractivity (Wildman–Crippen MR) is 88.0 cm³/mol. The van der Waals surface area contributed by atoms with Gasteiger partial charge in [0.25, 0.3) is 20.0 Å². The van der Waals surface area contributed by atoms with Crippen LogP contribution in [0.4, 0.5) is 0 Å². The molecule has 5 nitrogen and oxygen atoms in total. The van der Waals surface area contributed by atoms with Gasteiger partial charge in [0, 0.05) is 0 Å². The molecule has 0 atom stereocenters. The van der Waals surface area contributed by atoms with Gasteiger partial charge in [-0.2, -0.15) is 0 Å². The third-order valence-corrected chi connectivity index (χ3v) is 8.57. The van der Waals surface area contributed by atoms with Crippen molar-refractivity contribution >= 4 is 42.6 Å². The van der Waals surface area contributed by atoms with E-state index in [1.54, 1.807) is 59.0 Å². The molecule has 0 aliphatic carbocycles. The van der Waals surface area contributed by atoms with Gasteiger partial charge in [0.15, 0.2) is 0 Å². The van der Waals surface area contributed by atoms with Gasteiger partial charge >= 0.3 is 0 Å². The molecule has 0 aliphatic heterocycles. The fraction of sp³-hybridized carbons (Fsp3) is 0.0769. The molecule has 0 unspecified atom stereocenters. The highest BCUT2D eigenvalue weighted by Gasteiger charge is 2.35. The summed E-state index contributed by atoms with van der Waals surface area (Å²) in [7, 11) is -8.24. The maximum Gasteiger partial charge on any atom is 0.257 e. The average molecular weight is 437 g/mol. The number of benzene rings is 2. The van der Waals surface area contributed by atoms with Gasteiger partial charge < -0.3 is 0 Å². The van der Waals surface area contributed by atoms with Crippen molar-refractivity contribution in [1.82, 2.24) is 3.71 Å². The van der Waals surface area contributed by atoms with E-state index in [0.29, 0.717) is 3.71 Å². The maximum atomic E-state index is 12.5. The van der Waals surface area contributed by atoms with Crippen LogP contribution in [0, 0.1) is 0 Å². The minimum Gasteiger partial charge on any atom is -0.206 e. The first-order valence-corrected chi connectivity index (χ1v) is 10.3. The van der Waals surface area contributed by atoms with Gasteiger partial charge in [-0.25, -0.2) is 16.8 Å². The molecule has 0 aromatic heterocycles. The minimum absolute atomic E-state index is 0.0545. The Morgan fingerprint density at radius 2 is 1.05 bits per heavy atom. The molecular formula is C13H12INO4S2. The van der Waals surface area contributed by atoms with Gasteiger partial charge in [0.05, 0.1) is 14.3 Å². The van der Waals surface area contributed by atoms with E-state index in [1.807, 2.05) is 0 Å². The van der Waals surface area contributed by atoms with Crippen molar-refractivity contribution in [3.8, 4) is 0 Å². The van der Waals surface area contributed by atoms with Crippen molar-refractivity contribution in [1.29, 1.82) is 0 Å². The quantitative estimate of drug-likeness (QED) is 0.410.